The molecule has 0 aromatic heterocycles. The molecule has 1 aliphatic heterocycles. The van der Waals surface area contributed by atoms with Gasteiger partial charge >= 0.3 is 5.97 Å². The van der Waals surface area contributed by atoms with Gasteiger partial charge in [-0.25, -0.2) is 8.42 Å². The van der Waals surface area contributed by atoms with Crippen molar-refractivity contribution in [1.82, 2.24) is 0 Å². The lowest BCUT2D eigenvalue weighted by molar-refractivity contribution is -0.139. The van der Waals surface area contributed by atoms with E-state index in [4.69, 9.17) is 0 Å². The largest absolute Gasteiger partial charge is 0.481 e. The Kier molecular flexibility index (Phi) is 3.29. The predicted octanol–water partition coefficient (Wildman–Crippen LogP) is 2.43. The first kappa shape index (κ1) is 13.8. The Morgan fingerprint density at radius 2 is 1.67 bits per heavy atom. The van der Waals surface area contributed by atoms with Gasteiger partial charge in [-0.05, 0) is 17.2 Å². The SMILES string of the molecule is O=C(O)C(c1ccccc1)C1CS(=O)(=O)c2ccccc21. The van der Waals surface area contributed by atoms with Crippen molar-refractivity contribution < 1.29 is 18.3 Å². The van der Waals surface area contributed by atoms with Gasteiger partial charge in [0.2, 0.25) is 0 Å². The molecule has 2 unspecified atom stereocenters. The molecule has 5 heteroatoms. The van der Waals surface area contributed by atoms with Gasteiger partial charge in [0.05, 0.1) is 16.6 Å². The number of carboxylic acid groups (broad SMARTS) is 1. The maximum absolute atomic E-state index is 12.2. The van der Waals surface area contributed by atoms with Crippen LogP contribution < -0.4 is 0 Å². The van der Waals surface area contributed by atoms with Gasteiger partial charge in [-0.1, -0.05) is 48.5 Å². The molecule has 0 radical (unpaired) electrons. The first-order valence-corrected chi connectivity index (χ1v) is 8.25. The van der Waals surface area contributed by atoms with Crippen LogP contribution in [0.5, 0.6) is 0 Å². The fraction of sp³-hybridized carbons (Fsp3) is 0.188. The molecule has 4 nitrogen and oxygen atoms in total. The topological polar surface area (TPSA) is 71.4 Å². The lowest BCUT2D eigenvalue weighted by Crippen LogP contribution is -2.21. The molecule has 1 aliphatic rings. The van der Waals surface area contributed by atoms with E-state index in [9.17, 15) is 18.3 Å². The summed E-state index contributed by atoms with van der Waals surface area (Å²) in [5.41, 5.74) is 1.23. The molecule has 0 amide bonds. The molecule has 2 atom stereocenters. The monoisotopic (exact) mass is 302 g/mol. The van der Waals surface area contributed by atoms with Crippen LogP contribution in [0.1, 0.15) is 23.0 Å². The van der Waals surface area contributed by atoms with Crippen LogP contribution in [0.2, 0.25) is 0 Å². The summed E-state index contributed by atoms with van der Waals surface area (Å²) in [7, 11) is -3.40. The fourth-order valence-electron chi connectivity index (χ4n) is 2.97. The van der Waals surface area contributed by atoms with Crippen LogP contribution in [0.4, 0.5) is 0 Å². The number of rotatable bonds is 3. The number of aliphatic carboxylic acids is 1. The zero-order valence-corrected chi connectivity index (χ0v) is 12.0. The Balaban J connectivity index is 2.13. The average Bonchev–Trinajstić information content (AvgIpc) is 2.72. The minimum Gasteiger partial charge on any atom is -0.481 e. The van der Waals surface area contributed by atoms with Gasteiger partial charge in [0.25, 0.3) is 0 Å². The highest BCUT2D eigenvalue weighted by Crippen LogP contribution is 2.43. The third-order valence-corrected chi connectivity index (χ3v) is 5.72. The van der Waals surface area contributed by atoms with Gasteiger partial charge in [-0.15, -0.1) is 0 Å². The first-order chi connectivity index (χ1) is 10.0. The van der Waals surface area contributed by atoms with Gasteiger partial charge in [-0.2, -0.15) is 0 Å². The summed E-state index contributed by atoms with van der Waals surface area (Å²) in [6.07, 6.45) is 0. The Labute approximate surface area is 123 Å². The summed E-state index contributed by atoms with van der Waals surface area (Å²) in [4.78, 5) is 12.0. The Bertz CT molecular complexity index is 781. The van der Waals surface area contributed by atoms with Gasteiger partial charge in [0.15, 0.2) is 9.84 Å². The van der Waals surface area contributed by atoms with Crippen LogP contribution >= 0.6 is 0 Å². The van der Waals surface area contributed by atoms with E-state index < -0.39 is 27.6 Å². The molecule has 1 N–H and O–H groups in total. The van der Waals surface area contributed by atoms with Crippen molar-refractivity contribution in [3.8, 4) is 0 Å². The van der Waals surface area contributed by atoms with Crippen LogP contribution in [0.25, 0.3) is 0 Å². The summed E-state index contributed by atoms with van der Waals surface area (Å²) >= 11 is 0. The maximum Gasteiger partial charge on any atom is 0.311 e. The Morgan fingerprint density at radius 3 is 2.33 bits per heavy atom. The second-order valence-electron chi connectivity index (χ2n) is 5.15. The van der Waals surface area contributed by atoms with E-state index in [-0.39, 0.29) is 10.6 Å². The highest BCUT2D eigenvalue weighted by Gasteiger charge is 2.42. The molecule has 21 heavy (non-hydrogen) atoms. The number of carboxylic acids is 1. The number of benzene rings is 2. The zero-order valence-electron chi connectivity index (χ0n) is 11.1. The molecule has 0 spiro atoms. The quantitative estimate of drug-likeness (QED) is 0.945. The lowest BCUT2D eigenvalue weighted by atomic mass is 9.83. The first-order valence-electron chi connectivity index (χ1n) is 6.60. The van der Waals surface area contributed by atoms with Crippen molar-refractivity contribution in [2.75, 3.05) is 5.75 Å². The van der Waals surface area contributed by atoms with Crippen molar-refractivity contribution >= 4 is 15.8 Å². The standard InChI is InChI=1S/C16H14O4S/c17-16(18)15(11-6-2-1-3-7-11)13-10-21(19,20)14-9-5-4-8-12(13)14/h1-9,13,15H,10H2,(H,17,18). The van der Waals surface area contributed by atoms with Crippen LogP contribution in [-0.2, 0) is 14.6 Å². The molecule has 2 aromatic carbocycles. The smallest absolute Gasteiger partial charge is 0.311 e. The fourth-order valence-corrected chi connectivity index (χ4v) is 4.86. The van der Waals surface area contributed by atoms with Crippen molar-refractivity contribution in [2.24, 2.45) is 0 Å². The molecule has 0 aliphatic carbocycles. The summed E-state index contributed by atoms with van der Waals surface area (Å²) in [5, 5.41) is 9.59. The maximum atomic E-state index is 12.2. The van der Waals surface area contributed by atoms with Gasteiger partial charge < -0.3 is 5.11 Å². The predicted molar refractivity (Wildman–Crippen MR) is 78.1 cm³/mol. The van der Waals surface area contributed by atoms with E-state index >= 15 is 0 Å². The third-order valence-electron chi connectivity index (χ3n) is 3.88. The van der Waals surface area contributed by atoms with E-state index in [2.05, 4.69) is 0 Å². The second-order valence-corrected chi connectivity index (χ2v) is 7.15. The van der Waals surface area contributed by atoms with Gasteiger partial charge in [0, 0.05) is 5.92 Å². The number of sulfone groups is 1. The van der Waals surface area contributed by atoms with E-state index in [1.165, 1.54) is 0 Å². The van der Waals surface area contributed by atoms with Crippen LogP contribution in [0.15, 0.2) is 59.5 Å². The zero-order chi connectivity index (χ0) is 15.0. The summed E-state index contributed by atoms with van der Waals surface area (Å²) in [6.45, 7) is 0. The van der Waals surface area contributed by atoms with Crippen LogP contribution in [0, 0.1) is 0 Å². The second kappa shape index (κ2) is 5.00. The number of hydrogen-bond donors (Lipinski definition) is 1. The summed E-state index contributed by atoms with van der Waals surface area (Å²) < 4.78 is 24.5. The van der Waals surface area contributed by atoms with Crippen molar-refractivity contribution in [3.63, 3.8) is 0 Å². The van der Waals surface area contributed by atoms with E-state index in [0.717, 1.165) is 0 Å². The van der Waals surface area contributed by atoms with Crippen LogP contribution in [-0.4, -0.2) is 25.2 Å². The van der Waals surface area contributed by atoms with E-state index in [1.807, 2.05) is 6.07 Å². The van der Waals surface area contributed by atoms with Crippen LogP contribution in [0.3, 0.4) is 0 Å². The van der Waals surface area contributed by atoms with E-state index in [1.54, 1.807) is 48.5 Å². The number of hydrogen-bond acceptors (Lipinski definition) is 3. The third kappa shape index (κ3) is 2.34. The molecule has 0 bridgehead atoms. The lowest BCUT2D eigenvalue weighted by Gasteiger charge is -2.19. The summed E-state index contributed by atoms with van der Waals surface area (Å²) in [5.74, 6) is -2.56. The number of fused-ring (bicyclic) bond motifs is 1. The summed E-state index contributed by atoms with van der Waals surface area (Å²) in [6, 6.07) is 15.5. The highest BCUT2D eigenvalue weighted by molar-refractivity contribution is 7.91. The molecule has 1 heterocycles. The Morgan fingerprint density at radius 1 is 1.05 bits per heavy atom. The Hall–Kier alpha value is -2.14. The minimum absolute atomic E-state index is 0.155. The molecule has 0 saturated heterocycles. The molecule has 0 saturated carbocycles. The number of carbonyl (C=O) groups is 1. The molecule has 108 valence electrons. The minimum atomic E-state index is -3.40. The van der Waals surface area contributed by atoms with Crippen molar-refractivity contribution in [3.05, 3.63) is 65.7 Å². The van der Waals surface area contributed by atoms with Crippen molar-refractivity contribution in [2.45, 2.75) is 16.7 Å². The molecule has 2 aromatic rings. The average molecular weight is 302 g/mol. The molecule has 0 fully saturated rings. The van der Waals surface area contributed by atoms with Gasteiger partial charge in [-0.3, -0.25) is 4.79 Å². The molecule has 3 rings (SSSR count). The highest BCUT2D eigenvalue weighted by atomic mass is 32.2. The van der Waals surface area contributed by atoms with E-state index in [0.29, 0.717) is 11.1 Å². The van der Waals surface area contributed by atoms with Crippen molar-refractivity contribution in [1.29, 1.82) is 0 Å². The normalized spacial score (nSPS) is 20.7. The van der Waals surface area contributed by atoms with Gasteiger partial charge in [0.1, 0.15) is 0 Å². The molecular weight excluding hydrogens is 288 g/mol. The molecular formula is C16H14O4S.